The van der Waals surface area contributed by atoms with Crippen molar-refractivity contribution in [1.82, 2.24) is 15.3 Å². The topological polar surface area (TPSA) is 120 Å². The lowest BCUT2D eigenvalue weighted by Crippen LogP contribution is -2.34. The number of benzene rings is 3. The van der Waals surface area contributed by atoms with Crippen molar-refractivity contribution in [2.75, 3.05) is 10.6 Å². The van der Waals surface area contributed by atoms with Gasteiger partial charge in [-0.25, -0.2) is 14.8 Å². The number of imide groups is 1. The summed E-state index contributed by atoms with van der Waals surface area (Å²) < 4.78 is 0. The van der Waals surface area contributed by atoms with Crippen LogP contribution in [0, 0.1) is 11.3 Å². The maximum Gasteiger partial charge on any atom is 0.326 e. The van der Waals surface area contributed by atoms with E-state index in [0.717, 1.165) is 0 Å². The number of carbonyl (C=O) groups excluding carboxylic acids is 2. The molecule has 3 aromatic carbocycles. The molecule has 1 heterocycles. The van der Waals surface area contributed by atoms with Gasteiger partial charge < -0.3 is 10.6 Å². The summed E-state index contributed by atoms with van der Waals surface area (Å²) in [6.45, 7) is 0. The molecule has 0 aliphatic carbocycles. The number of rotatable bonds is 4. The van der Waals surface area contributed by atoms with Gasteiger partial charge in [-0.05, 0) is 48.5 Å². The van der Waals surface area contributed by atoms with E-state index < -0.39 is 11.9 Å². The van der Waals surface area contributed by atoms with Gasteiger partial charge >= 0.3 is 6.03 Å². The van der Waals surface area contributed by atoms with E-state index in [9.17, 15) is 9.59 Å². The third-order valence-corrected chi connectivity index (χ3v) is 4.41. The zero-order chi connectivity index (χ0) is 21.6. The zero-order valence-corrected chi connectivity index (χ0v) is 16.2. The van der Waals surface area contributed by atoms with Gasteiger partial charge in [0.2, 0.25) is 0 Å². The molecule has 0 fully saturated rings. The first-order valence-electron chi connectivity index (χ1n) is 9.32. The molecule has 0 unspecified atom stereocenters. The van der Waals surface area contributed by atoms with E-state index in [0.29, 0.717) is 39.2 Å². The van der Waals surface area contributed by atoms with Gasteiger partial charge in [0.05, 0.1) is 17.1 Å². The third-order valence-electron chi connectivity index (χ3n) is 4.41. The van der Waals surface area contributed by atoms with Crippen molar-refractivity contribution in [3.05, 3.63) is 90.3 Å². The van der Waals surface area contributed by atoms with Gasteiger partial charge in [-0.3, -0.25) is 10.1 Å². The molecule has 0 aliphatic heterocycles. The van der Waals surface area contributed by atoms with E-state index in [1.807, 2.05) is 6.07 Å². The maximum absolute atomic E-state index is 12.3. The molecule has 3 amide bonds. The summed E-state index contributed by atoms with van der Waals surface area (Å²) in [7, 11) is 0. The van der Waals surface area contributed by atoms with E-state index in [4.69, 9.17) is 5.26 Å². The molecule has 8 heteroatoms. The van der Waals surface area contributed by atoms with Crippen LogP contribution in [0.3, 0.4) is 0 Å². The predicted molar refractivity (Wildman–Crippen MR) is 117 cm³/mol. The van der Waals surface area contributed by atoms with E-state index in [1.165, 1.54) is 6.33 Å². The second kappa shape index (κ2) is 8.71. The molecule has 0 saturated carbocycles. The van der Waals surface area contributed by atoms with Crippen molar-refractivity contribution < 1.29 is 9.59 Å². The summed E-state index contributed by atoms with van der Waals surface area (Å²) in [5.74, 6) is 0.0199. The molecule has 0 aliphatic rings. The van der Waals surface area contributed by atoms with Crippen LogP contribution in [0.1, 0.15) is 15.9 Å². The predicted octanol–water partition coefficient (Wildman–Crippen LogP) is 4.21. The first-order valence-corrected chi connectivity index (χ1v) is 9.32. The second-order valence-corrected chi connectivity index (χ2v) is 6.55. The molecule has 1 aromatic heterocycles. The van der Waals surface area contributed by atoms with Crippen LogP contribution in [0.2, 0.25) is 0 Å². The van der Waals surface area contributed by atoms with E-state index in [-0.39, 0.29) is 0 Å². The summed E-state index contributed by atoms with van der Waals surface area (Å²) in [6.07, 6.45) is 1.43. The number of carbonyl (C=O) groups is 2. The minimum atomic E-state index is -0.652. The molecule has 150 valence electrons. The van der Waals surface area contributed by atoms with Gasteiger partial charge in [-0.2, -0.15) is 5.26 Å². The first kappa shape index (κ1) is 19.5. The van der Waals surface area contributed by atoms with Gasteiger partial charge in [0.25, 0.3) is 5.91 Å². The lowest BCUT2D eigenvalue weighted by Gasteiger charge is -2.11. The van der Waals surface area contributed by atoms with Crippen molar-refractivity contribution in [3.63, 3.8) is 0 Å². The Bertz CT molecular complexity index is 1310. The number of fused-ring (bicyclic) bond motifs is 1. The molecule has 31 heavy (non-hydrogen) atoms. The van der Waals surface area contributed by atoms with Gasteiger partial charge in [0.1, 0.15) is 12.1 Å². The highest BCUT2D eigenvalue weighted by Crippen LogP contribution is 2.26. The number of nitrogens with one attached hydrogen (secondary N) is 3. The molecule has 0 saturated heterocycles. The van der Waals surface area contributed by atoms with Crippen LogP contribution in [0.5, 0.6) is 0 Å². The van der Waals surface area contributed by atoms with Crippen LogP contribution in [0.25, 0.3) is 10.9 Å². The van der Waals surface area contributed by atoms with E-state index in [2.05, 4.69) is 32.0 Å². The van der Waals surface area contributed by atoms with Crippen LogP contribution in [0.4, 0.5) is 22.0 Å². The Morgan fingerprint density at radius 3 is 2.52 bits per heavy atom. The van der Waals surface area contributed by atoms with Crippen molar-refractivity contribution >= 4 is 40.0 Å². The van der Waals surface area contributed by atoms with Crippen LogP contribution in [-0.2, 0) is 0 Å². The Morgan fingerprint density at radius 1 is 0.871 bits per heavy atom. The Morgan fingerprint density at radius 2 is 1.71 bits per heavy atom. The van der Waals surface area contributed by atoms with Crippen molar-refractivity contribution in [2.24, 2.45) is 0 Å². The van der Waals surface area contributed by atoms with Crippen LogP contribution >= 0.6 is 0 Å². The molecule has 0 atom stereocenters. The normalized spacial score (nSPS) is 10.2. The summed E-state index contributed by atoms with van der Waals surface area (Å²) >= 11 is 0. The molecule has 8 nitrogen and oxygen atoms in total. The maximum atomic E-state index is 12.3. The number of anilines is 3. The highest BCUT2D eigenvalue weighted by Gasteiger charge is 2.11. The molecule has 3 N–H and O–H groups in total. The first-order chi connectivity index (χ1) is 15.1. The Kier molecular flexibility index (Phi) is 5.49. The van der Waals surface area contributed by atoms with Crippen LogP contribution < -0.4 is 16.0 Å². The van der Waals surface area contributed by atoms with Crippen molar-refractivity contribution in [2.45, 2.75) is 0 Å². The van der Waals surface area contributed by atoms with Crippen molar-refractivity contribution in [3.8, 4) is 6.07 Å². The molecular weight excluding hydrogens is 392 g/mol. The van der Waals surface area contributed by atoms with Gasteiger partial charge in [-0.15, -0.1) is 0 Å². The Labute approximate surface area is 177 Å². The van der Waals surface area contributed by atoms with Crippen LogP contribution in [-0.4, -0.2) is 21.9 Å². The number of urea groups is 1. The standard InChI is InChI=1S/C23H16N6O2/c24-13-15-5-4-8-17(11-15)27-21-19-12-18(9-10-20(19)25-14-26-21)28-23(31)29-22(30)16-6-2-1-3-7-16/h1-12,14H,(H,25,26,27)(H2,28,29,30,31). The third kappa shape index (κ3) is 4.63. The molecule has 0 radical (unpaired) electrons. The largest absolute Gasteiger partial charge is 0.340 e. The minimum absolute atomic E-state index is 0.385. The smallest absolute Gasteiger partial charge is 0.326 e. The number of hydrogen-bond donors (Lipinski definition) is 3. The number of aromatic nitrogens is 2. The fourth-order valence-corrected chi connectivity index (χ4v) is 2.96. The number of hydrogen-bond acceptors (Lipinski definition) is 6. The number of amides is 3. The molecule has 4 aromatic rings. The monoisotopic (exact) mass is 408 g/mol. The Balaban J connectivity index is 1.54. The Hall–Kier alpha value is -4.77. The second-order valence-electron chi connectivity index (χ2n) is 6.55. The zero-order valence-electron chi connectivity index (χ0n) is 16.2. The van der Waals surface area contributed by atoms with Gasteiger partial charge in [0, 0.05) is 22.3 Å². The summed E-state index contributed by atoms with van der Waals surface area (Å²) in [5.41, 5.74) is 2.74. The van der Waals surface area contributed by atoms with E-state index >= 15 is 0 Å². The highest BCUT2D eigenvalue weighted by molar-refractivity contribution is 6.08. The highest BCUT2D eigenvalue weighted by atomic mass is 16.2. The van der Waals surface area contributed by atoms with Crippen LogP contribution in [0.15, 0.2) is 79.1 Å². The average Bonchev–Trinajstić information content (AvgIpc) is 2.80. The van der Waals surface area contributed by atoms with Crippen molar-refractivity contribution in [1.29, 1.82) is 5.26 Å². The van der Waals surface area contributed by atoms with Gasteiger partial charge in [-0.1, -0.05) is 24.3 Å². The lowest BCUT2D eigenvalue weighted by atomic mass is 10.2. The summed E-state index contributed by atoms with van der Waals surface area (Å²) in [5, 5.41) is 17.9. The van der Waals surface area contributed by atoms with Gasteiger partial charge in [0.15, 0.2) is 0 Å². The summed E-state index contributed by atoms with van der Waals surface area (Å²) in [6, 6.07) is 22.0. The average molecular weight is 408 g/mol. The molecular formula is C23H16N6O2. The fourth-order valence-electron chi connectivity index (χ4n) is 2.96. The SMILES string of the molecule is N#Cc1cccc(Nc2ncnc3ccc(NC(=O)NC(=O)c4ccccc4)cc23)c1. The quantitative estimate of drug-likeness (QED) is 0.465. The number of nitriles is 1. The lowest BCUT2D eigenvalue weighted by molar-refractivity contribution is 0.0967. The minimum Gasteiger partial charge on any atom is -0.340 e. The molecule has 0 bridgehead atoms. The fraction of sp³-hybridized carbons (Fsp3) is 0. The van der Waals surface area contributed by atoms with E-state index in [1.54, 1.807) is 66.7 Å². The summed E-state index contributed by atoms with van der Waals surface area (Å²) in [4.78, 5) is 32.9. The molecule has 4 rings (SSSR count). The number of nitrogens with zero attached hydrogens (tertiary/aromatic N) is 3. The molecule has 0 spiro atoms.